The second-order valence-electron chi connectivity index (χ2n) is 10.5. The molecule has 5 rings (SSSR count). The van der Waals surface area contributed by atoms with E-state index in [1.54, 1.807) is 30.3 Å². The van der Waals surface area contributed by atoms with E-state index in [-0.39, 0.29) is 30.9 Å². The second-order valence-corrected chi connectivity index (χ2v) is 10.5. The Morgan fingerprint density at radius 1 is 1.11 bits per heavy atom. The van der Waals surface area contributed by atoms with E-state index in [1.165, 1.54) is 5.06 Å². The Morgan fingerprint density at radius 3 is 2.55 bits per heavy atom. The molecule has 9 heteroatoms. The van der Waals surface area contributed by atoms with Crippen molar-refractivity contribution < 1.29 is 14.4 Å². The zero-order valence-electron chi connectivity index (χ0n) is 21.8. The van der Waals surface area contributed by atoms with E-state index in [1.807, 2.05) is 25.1 Å². The van der Waals surface area contributed by atoms with Gasteiger partial charge in [0.2, 0.25) is 0 Å². The highest BCUT2D eigenvalue weighted by Gasteiger charge is 2.37. The van der Waals surface area contributed by atoms with Gasteiger partial charge in [-0.2, -0.15) is 0 Å². The number of rotatable bonds is 8. The minimum Gasteiger partial charge on any atom is -0.399 e. The molecule has 2 amide bonds. The highest BCUT2D eigenvalue weighted by molar-refractivity contribution is 6.05. The first-order valence-electron chi connectivity index (χ1n) is 13.4. The van der Waals surface area contributed by atoms with E-state index in [0.717, 1.165) is 43.5 Å². The van der Waals surface area contributed by atoms with Gasteiger partial charge in [-0.3, -0.25) is 14.4 Å². The number of carbonyl (C=O) groups is 2. The van der Waals surface area contributed by atoms with Gasteiger partial charge in [0.1, 0.15) is 12.4 Å². The fourth-order valence-electron chi connectivity index (χ4n) is 5.58. The van der Waals surface area contributed by atoms with Gasteiger partial charge in [-0.15, -0.1) is 0 Å². The lowest BCUT2D eigenvalue weighted by molar-refractivity contribution is -0.187. The first-order chi connectivity index (χ1) is 18.4. The van der Waals surface area contributed by atoms with E-state index in [4.69, 9.17) is 16.3 Å². The van der Waals surface area contributed by atoms with Gasteiger partial charge in [-0.25, -0.2) is 10.1 Å². The van der Waals surface area contributed by atoms with Gasteiger partial charge in [0.25, 0.3) is 11.8 Å². The van der Waals surface area contributed by atoms with Crippen LogP contribution < -0.4 is 22.1 Å². The molecule has 38 heavy (non-hydrogen) atoms. The lowest BCUT2D eigenvalue weighted by Crippen LogP contribution is -2.34. The molecule has 3 aliphatic rings. The summed E-state index contributed by atoms with van der Waals surface area (Å²) >= 11 is 0. The Morgan fingerprint density at radius 2 is 1.84 bits per heavy atom. The molecule has 1 saturated carbocycles. The van der Waals surface area contributed by atoms with Crippen molar-refractivity contribution in [3.63, 3.8) is 0 Å². The number of carbonyl (C=O) groups excluding carboxylic acids is 2. The average Bonchev–Trinajstić information content (AvgIpc) is 3.44. The summed E-state index contributed by atoms with van der Waals surface area (Å²) < 4.78 is 0. The number of nitrogen functional groups attached to an aromatic ring is 1. The smallest absolute Gasteiger partial charge is 0.273 e. The van der Waals surface area contributed by atoms with Crippen LogP contribution in [0.1, 0.15) is 54.1 Å². The molecular formula is C29H36N6O3. The number of nitrogens with one attached hydrogen (secondary N) is 2. The van der Waals surface area contributed by atoms with Gasteiger partial charge >= 0.3 is 0 Å². The quantitative estimate of drug-likeness (QED) is 0.314. The Bertz CT molecular complexity index is 1240. The Kier molecular flexibility index (Phi) is 7.76. The Balaban J connectivity index is 1.29. The zero-order chi connectivity index (χ0) is 26.6. The van der Waals surface area contributed by atoms with Crippen molar-refractivity contribution in [3.05, 3.63) is 64.7 Å². The molecule has 2 unspecified atom stereocenters. The molecule has 2 atom stereocenters. The predicted molar refractivity (Wildman–Crippen MR) is 148 cm³/mol. The Hall–Kier alpha value is -3.69. The summed E-state index contributed by atoms with van der Waals surface area (Å²) in [4.78, 5) is 36.9. The van der Waals surface area contributed by atoms with E-state index < -0.39 is 0 Å². The van der Waals surface area contributed by atoms with Crippen LogP contribution in [-0.2, 0) is 16.2 Å². The molecule has 0 aromatic heterocycles. The summed E-state index contributed by atoms with van der Waals surface area (Å²) in [6, 6.07) is 12.9. The topological polar surface area (TPSA) is 135 Å². The molecule has 0 bridgehead atoms. The molecule has 2 aromatic carbocycles. The monoisotopic (exact) mass is 516 g/mol. The lowest BCUT2D eigenvalue weighted by atomic mass is 10.0. The highest BCUT2D eigenvalue weighted by Crippen LogP contribution is 2.35. The highest BCUT2D eigenvalue weighted by atomic mass is 16.7. The third-order valence-corrected chi connectivity index (χ3v) is 7.54. The van der Waals surface area contributed by atoms with E-state index in [2.05, 4.69) is 15.6 Å². The Labute approximate surface area is 223 Å². The van der Waals surface area contributed by atoms with Crippen molar-refractivity contribution in [2.75, 3.05) is 25.4 Å². The van der Waals surface area contributed by atoms with Crippen molar-refractivity contribution in [1.82, 2.24) is 15.7 Å². The van der Waals surface area contributed by atoms with Crippen LogP contribution in [0.4, 0.5) is 11.4 Å². The van der Waals surface area contributed by atoms with E-state index >= 15 is 0 Å². The minimum atomic E-state index is -0.253. The molecule has 0 spiro atoms. The third-order valence-electron chi connectivity index (χ3n) is 7.54. The summed E-state index contributed by atoms with van der Waals surface area (Å²) in [5.41, 5.74) is 15.9. The molecule has 9 nitrogen and oxygen atoms in total. The summed E-state index contributed by atoms with van der Waals surface area (Å²) in [6.45, 7) is 4.75. The van der Waals surface area contributed by atoms with Crippen LogP contribution in [0.3, 0.4) is 0 Å². The number of aliphatic imine (C=N–C) groups is 1. The number of amidine groups is 1. The molecule has 6 N–H and O–H groups in total. The summed E-state index contributed by atoms with van der Waals surface area (Å²) in [7, 11) is 0. The van der Waals surface area contributed by atoms with Crippen molar-refractivity contribution in [3.8, 4) is 0 Å². The minimum absolute atomic E-state index is 0.103. The molecular weight excluding hydrogens is 480 g/mol. The molecule has 2 heterocycles. The number of hydrogen-bond donors (Lipinski definition) is 4. The van der Waals surface area contributed by atoms with Crippen LogP contribution in [0.5, 0.6) is 0 Å². The van der Waals surface area contributed by atoms with Crippen LogP contribution in [0.25, 0.3) is 6.08 Å². The molecule has 0 radical (unpaired) electrons. The lowest BCUT2D eigenvalue weighted by Gasteiger charge is -2.22. The van der Waals surface area contributed by atoms with Crippen LogP contribution in [-0.4, -0.2) is 48.4 Å². The molecule has 2 aromatic rings. The molecule has 2 aliphatic heterocycles. The number of hydrogen-bond acceptors (Lipinski definition) is 7. The first kappa shape index (κ1) is 25.9. The van der Waals surface area contributed by atoms with Crippen molar-refractivity contribution in [1.29, 1.82) is 0 Å². The zero-order valence-corrected chi connectivity index (χ0v) is 21.8. The maximum Gasteiger partial charge on any atom is 0.273 e. The van der Waals surface area contributed by atoms with Crippen LogP contribution >= 0.6 is 0 Å². The molecule has 2 fully saturated rings. The molecule has 1 aliphatic carbocycles. The number of anilines is 1. The van der Waals surface area contributed by atoms with Gasteiger partial charge in [0.05, 0.1) is 5.69 Å². The number of nitrogens with zero attached hydrogens (tertiary/aromatic N) is 2. The van der Waals surface area contributed by atoms with Crippen LogP contribution in [0.2, 0.25) is 0 Å². The second kappa shape index (κ2) is 11.4. The maximum absolute atomic E-state index is 13.5. The van der Waals surface area contributed by atoms with Gasteiger partial charge < -0.3 is 22.1 Å². The summed E-state index contributed by atoms with van der Waals surface area (Å²) in [6.07, 6.45) is 4.76. The predicted octanol–water partition coefficient (Wildman–Crippen LogP) is 3.14. The summed E-state index contributed by atoms with van der Waals surface area (Å²) in [5, 5.41) is 8.01. The van der Waals surface area contributed by atoms with Crippen LogP contribution in [0.15, 0.2) is 53.0 Å². The fourth-order valence-corrected chi connectivity index (χ4v) is 5.58. The number of nitrogens with two attached hydrogens (primary N) is 2. The number of benzene rings is 2. The van der Waals surface area contributed by atoms with Gasteiger partial charge in [0, 0.05) is 41.4 Å². The SMILES string of the molecule is CCCN(OCc1ccc(N)cc1)C(=O)C1=Cc2ccc(C(=O)NC3CC4CNCC4C3)cc2N=C(N)C1. The third kappa shape index (κ3) is 5.89. The average molecular weight is 517 g/mol. The largest absolute Gasteiger partial charge is 0.399 e. The standard InChI is InChI=1S/C29H36N6O3/c1-2-9-35(38-17-18-3-7-24(30)8-4-18)29(37)21-10-19-5-6-20(13-26(19)34-27(31)14-21)28(36)33-25-11-22-15-32-16-23(22)12-25/h3-8,10,13,22-23,25,32H,2,9,11-12,14-17,30H2,1H3,(H2,31,34)(H,33,36). The van der Waals surface area contributed by atoms with Crippen LogP contribution in [0, 0.1) is 11.8 Å². The molecule has 1 saturated heterocycles. The van der Waals surface area contributed by atoms with Gasteiger partial charge in [0.15, 0.2) is 0 Å². The van der Waals surface area contributed by atoms with E-state index in [0.29, 0.717) is 46.7 Å². The fraction of sp³-hybridized carbons (Fsp3) is 0.414. The van der Waals surface area contributed by atoms with Gasteiger partial charge in [-0.1, -0.05) is 25.1 Å². The van der Waals surface area contributed by atoms with Crippen molar-refractivity contribution >= 4 is 35.1 Å². The van der Waals surface area contributed by atoms with Crippen molar-refractivity contribution in [2.24, 2.45) is 22.6 Å². The van der Waals surface area contributed by atoms with Crippen molar-refractivity contribution in [2.45, 2.75) is 45.3 Å². The van der Waals surface area contributed by atoms with Gasteiger partial charge in [-0.05, 0) is 80.1 Å². The van der Waals surface area contributed by atoms with E-state index in [9.17, 15) is 9.59 Å². The first-order valence-corrected chi connectivity index (χ1v) is 13.4. The molecule has 200 valence electrons. The maximum atomic E-state index is 13.5. The number of amides is 2. The number of fused-ring (bicyclic) bond motifs is 2. The number of hydroxylamine groups is 2. The normalized spacial score (nSPS) is 22.1. The summed E-state index contributed by atoms with van der Waals surface area (Å²) in [5.74, 6) is 1.26.